The number of hydrazine groups is 2. The van der Waals surface area contributed by atoms with Crippen LogP contribution in [0.3, 0.4) is 0 Å². The van der Waals surface area contributed by atoms with Gasteiger partial charge in [-0.1, -0.05) is 0 Å². The monoisotopic (exact) mass is 371 g/mol. The number of carbonyl (C=O) groups excluding carboxylic acids is 1. The standard InChI is InChI=1S/C19H25N5O3/c1-19(2,3)27-18(26)16-10-24(22-21-16)9-15-8-23-7-13(12-4-5-12)6-14(11-25)17(23)20-15/h6-8,10,12,21-22,25H,4-5,9,11H2,1-3H3. The summed E-state index contributed by atoms with van der Waals surface area (Å²) in [5.74, 6) is 0.193. The number of esters is 1. The van der Waals surface area contributed by atoms with Gasteiger partial charge in [0.05, 0.1) is 25.0 Å². The number of nitrogens with zero attached hydrogens (tertiary/aromatic N) is 3. The third-order valence-electron chi connectivity index (χ3n) is 4.49. The molecule has 2 aromatic heterocycles. The third-order valence-corrected chi connectivity index (χ3v) is 4.49. The molecule has 2 aliphatic rings. The van der Waals surface area contributed by atoms with Crippen molar-refractivity contribution in [2.24, 2.45) is 0 Å². The maximum atomic E-state index is 12.1. The van der Waals surface area contributed by atoms with Crippen molar-refractivity contribution in [3.8, 4) is 0 Å². The number of hydrogen-bond acceptors (Lipinski definition) is 7. The van der Waals surface area contributed by atoms with Gasteiger partial charge in [0.25, 0.3) is 0 Å². The van der Waals surface area contributed by atoms with Crippen LogP contribution in [-0.2, 0) is 22.7 Å². The van der Waals surface area contributed by atoms with Crippen LogP contribution >= 0.6 is 0 Å². The Balaban J connectivity index is 1.51. The molecule has 0 saturated heterocycles. The van der Waals surface area contributed by atoms with E-state index in [1.165, 1.54) is 18.4 Å². The minimum atomic E-state index is -0.547. The van der Waals surface area contributed by atoms with Crippen molar-refractivity contribution in [1.82, 2.24) is 25.4 Å². The van der Waals surface area contributed by atoms with Gasteiger partial charge in [-0.05, 0) is 51.2 Å². The fraction of sp³-hybridized carbons (Fsp3) is 0.474. The maximum Gasteiger partial charge on any atom is 0.357 e. The molecule has 8 nitrogen and oxygen atoms in total. The fourth-order valence-electron chi connectivity index (χ4n) is 3.13. The summed E-state index contributed by atoms with van der Waals surface area (Å²) in [5.41, 5.74) is 9.23. The first kappa shape index (κ1) is 17.8. The lowest BCUT2D eigenvalue weighted by molar-refractivity contribution is -0.150. The van der Waals surface area contributed by atoms with Gasteiger partial charge in [-0.2, -0.15) is 0 Å². The van der Waals surface area contributed by atoms with Crippen molar-refractivity contribution in [2.45, 2.75) is 58.3 Å². The molecule has 4 rings (SSSR count). The quantitative estimate of drug-likeness (QED) is 0.689. The number of rotatable bonds is 5. The van der Waals surface area contributed by atoms with E-state index in [2.05, 4.69) is 28.2 Å². The van der Waals surface area contributed by atoms with Crippen LogP contribution in [0.15, 0.2) is 30.4 Å². The van der Waals surface area contributed by atoms with Crippen LogP contribution in [0.4, 0.5) is 0 Å². The average molecular weight is 371 g/mol. The highest BCUT2D eigenvalue weighted by molar-refractivity contribution is 5.88. The Morgan fingerprint density at radius 2 is 2.15 bits per heavy atom. The van der Waals surface area contributed by atoms with Gasteiger partial charge in [0.15, 0.2) is 5.70 Å². The number of imidazole rings is 1. The molecule has 1 aliphatic heterocycles. The summed E-state index contributed by atoms with van der Waals surface area (Å²) in [6.07, 6.45) is 8.14. The summed E-state index contributed by atoms with van der Waals surface area (Å²) in [4.78, 5) is 16.8. The number of aromatic nitrogens is 2. The zero-order valence-corrected chi connectivity index (χ0v) is 15.8. The highest BCUT2D eigenvalue weighted by Gasteiger charge is 2.26. The summed E-state index contributed by atoms with van der Waals surface area (Å²) in [6, 6.07) is 2.06. The summed E-state index contributed by atoms with van der Waals surface area (Å²) < 4.78 is 7.34. The molecule has 144 valence electrons. The Labute approximate surface area is 157 Å². The molecule has 27 heavy (non-hydrogen) atoms. The van der Waals surface area contributed by atoms with E-state index >= 15 is 0 Å². The Morgan fingerprint density at radius 3 is 2.81 bits per heavy atom. The number of pyridine rings is 1. The Bertz CT molecular complexity index is 908. The first-order valence-electron chi connectivity index (χ1n) is 9.17. The van der Waals surface area contributed by atoms with Gasteiger partial charge in [-0.25, -0.2) is 9.78 Å². The van der Waals surface area contributed by atoms with E-state index in [-0.39, 0.29) is 6.61 Å². The highest BCUT2D eigenvalue weighted by atomic mass is 16.6. The zero-order valence-electron chi connectivity index (χ0n) is 15.8. The molecule has 0 bridgehead atoms. The van der Waals surface area contributed by atoms with E-state index in [0.29, 0.717) is 18.2 Å². The van der Waals surface area contributed by atoms with E-state index in [0.717, 1.165) is 16.9 Å². The van der Waals surface area contributed by atoms with Gasteiger partial charge in [0.2, 0.25) is 0 Å². The van der Waals surface area contributed by atoms with Gasteiger partial charge in [0.1, 0.15) is 11.2 Å². The Kier molecular flexibility index (Phi) is 4.32. The summed E-state index contributed by atoms with van der Waals surface area (Å²) in [5, 5.41) is 11.4. The van der Waals surface area contributed by atoms with E-state index in [9.17, 15) is 9.90 Å². The van der Waals surface area contributed by atoms with Crippen LogP contribution in [0.1, 0.15) is 56.4 Å². The molecule has 1 saturated carbocycles. The Hall–Kier alpha value is -2.58. The molecule has 1 fully saturated rings. The smallest absolute Gasteiger partial charge is 0.357 e. The molecule has 0 amide bonds. The maximum absolute atomic E-state index is 12.1. The first-order chi connectivity index (χ1) is 12.8. The number of ether oxygens (including phenoxy) is 1. The van der Waals surface area contributed by atoms with Crippen LogP contribution in [0, 0.1) is 0 Å². The van der Waals surface area contributed by atoms with Crippen LogP contribution in [0.5, 0.6) is 0 Å². The second-order valence-corrected chi connectivity index (χ2v) is 8.10. The minimum Gasteiger partial charge on any atom is -0.455 e. The number of carbonyl (C=O) groups is 1. The van der Waals surface area contributed by atoms with Gasteiger partial charge < -0.3 is 14.2 Å². The van der Waals surface area contributed by atoms with E-state index in [1.54, 1.807) is 11.2 Å². The first-order valence-corrected chi connectivity index (χ1v) is 9.17. The molecule has 0 unspecified atom stereocenters. The number of aliphatic hydroxyl groups excluding tert-OH is 1. The van der Waals surface area contributed by atoms with Crippen molar-refractivity contribution in [1.29, 1.82) is 0 Å². The molecule has 0 aromatic carbocycles. The van der Waals surface area contributed by atoms with E-state index in [1.807, 2.05) is 31.4 Å². The van der Waals surface area contributed by atoms with Crippen LogP contribution in [-0.4, -0.2) is 31.1 Å². The summed E-state index contributed by atoms with van der Waals surface area (Å²) in [7, 11) is 0. The lowest BCUT2D eigenvalue weighted by Crippen LogP contribution is -2.38. The predicted octanol–water partition coefficient (Wildman–Crippen LogP) is 1.71. The van der Waals surface area contributed by atoms with Crippen LogP contribution in [0.2, 0.25) is 0 Å². The molecule has 0 spiro atoms. The number of nitrogens with one attached hydrogen (secondary N) is 2. The van der Waals surface area contributed by atoms with Crippen molar-refractivity contribution >= 4 is 11.6 Å². The van der Waals surface area contributed by atoms with Gasteiger partial charge in [-0.15, -0.1) is 5.53 Å². The van der Waals surface area contributed by atoms with Gasteiger partial charge in [0, 0.05) is 18.0 Å². The molecule has 0 radical (unpaired) electrons. The topological polar surface area (TPSA) is 91.1 Å². The second kappa shape index (κ2) is 6.54. The van der Waals surface area contributed by atoms with Crippen molar-refractivity contribution in [3.05, 3.63) is 47.2 Å². The average Bonchev–Trinajstić information content (AvgIpc) is 3.20. The fourth-order valence-corrected chi connectivity index (χ4v) is 3.13. The summed E-state index contributed by atoms with van der Waals surface area (Å²) in [6.45, 7) is 5.92. The molecule has 1 aliphatic carbocycles. The SMILES string of the molecule is CC(C)(C)OC(=O)C1=CN(Cc2cn3cc(C4CC4)cc(CO)c3n2)NN1. The second-order valence-electron chi connectivity index (χ2n) is 8.10. The lowest BCUT2D eigenvalue weighted by atomic mass is 10.1. The van der Waals surface area contributed by atoms with Gasteiger partial charge >= 0.3 is 5.97 Å². The molecular weight excluding hydrogens is 346 g/mol. The molecule has 3 heterocycles. The normalized spacial score (nSPS) is 17.2. The Morgan fingerprint density at radius 1 is 1.37 bits per heavy atom. The highest BCUT2D eigenvalue weighted by Crippen LogP contribution is 2.40. The van der Waals surface area contributed by atoms with Crippen LogP contribution in [0.25, 0.3) is 5.65 Å². The van der Waals surface area contributed by atoms with Gasteiger partial charge in [-0.3, -0.25) is 10.4 Å². The molecule has 8 heteroatoms. The number of aliphatic hydroxyl groups is 1. The molecule has 3 N–H and O–H groups in total. The third kappa shape index (κ3) is 3.91. The summed E-state index contributed by atoms with van der Waals surface area (Å²) >= 11 is 0. The minimum absolute atomic E-state index is 0.0350. The van der Waals surface area contributed by atoms with E-state index < -0.39 is 11.6 Å². The molecule has 0 atom stereocenters. The molecular formula is C19H25N5O3. The van der Waals surface area contributed by atoms with E-state index in [4.69, 9.17) is 4.74 Å². The van der Waals surface area contributed by atoms with Crippen LogP contribution < -0.4 is 11.0 Å². The predicted molar refractivity (Wildman–Crippen MR) is 98.8 cm³/mol. The lowest BCUT2D eigenvalue weighted by Gasteiger charge is -2.19. The number of hydrogen-bond donors (Lipinski definition) is 3. The van der Waals surface area contributed by atoms with Crippen molar-refractivity contribution in [3.63, 3.8) is 0 Å². The van der Waals surface area contributed by atoms with Crippen molar-refractivity contribution < 1.29 is 14.6 Å². The largest absolute Gasteiger partial charge is 0.455 e. The molecule has 2 aromatic rings. The zero-order chi connectivity index (χ0) is 19.2. The van der Waals surface area contributed by atoms with Crippen molar-refractivity contribution in [2.75, 3.05) is 0 Å². The number of fused-ring (bicyclic) bond motifs is 1.